The summed E-state index contributed by atoms with van der Waals surface area (Å²) in [6.45, 7) is 21.8. The molecule has 0 bridgehead atoms. The van der Waals surface area contributed by atoms with Crippen LogP contribution >= 0.6 is 0 Å². The van der Waals surface area contributed by atoms with Crippen LogP contribution in [-0.4, -0.2) is 84.5 Å². The van der Waals surface area contributed by atoms with E-state index in [0.717, 1.165) is 45.0 Å². The Morgan fingerprint density at radius 2 is 1.72 bits per heavy atom. The van der Waals surface area contributed by atoms with E-state index in [9.17, 15) is 5.26 Å². The predicted molar refractivity (Wildman–Crippen MR) is 117 cm³/mol. The number of hydrogen-bond acceptors (Lipinski definition) is 5. The molecule has 3 aliphatic rings. The first-order valence-electron chi connectivity index (χ1n) is 11.6. The summed E-state index contributed by atoms with van der Waals surface area (Å²) in [5, 5.41) is 9.56. The van der Waals surface area contributed by atoms with Crippen molar-refractivity contribution in [1.82, 2.24) is 19.6 Å². The highest BCUT2D eigenvalue weighted by Gasteiger charge is 2.31. The van der Waals surface area contributed by atoms with Crippen LogP contribution in [0.3, 0.4) is 0 Å². The minimum Gasteiger partial charge on any atom is -0.365 e. The van der Waals surface area contributed by atoms with E-state index < -0.39 is 0 Å². The van der Waals surface area contributed by atoms with E-state index in [-0.39, 0.29) is 5.70 Å². The molecule has 3 saturated heterocycles. The first kappa shape index (κ1) is 21.9. The molecule has 3 heterocycles. The van der Waals surface area contributed by atoms with Crippen LogP contribution in [0.25, 0.3) is 4.85 Å². The minimum absolute atomic E-state index is 0.278. The molecule has 3 rings (SSSR count). The number of hydrogen-bond donors (Lipinski definition) is 0. The van der Waals surface area contributed by atoms with Crippen molar-refractivity contribution >= 4 is 0 Å². The second-order valence-electron chi connectivity index (χ2n) is 9.16. The molecule has 0 unspecified atom stereocenters. The zero-order valence-electron chi connectivity index (χ0n) is 18.4. The van der Waals surface area contributed by atoms with E-state index in [2.05, 4.69) is 44.4 Å². The second-order valence-corrected chi connectivity index (χ2v) is 9.16. The highest BCUT2D eigenvalue weighted by molar-refractivity contribution is 5.33. The topological polar surface area (TPSA) is 41.1 Å². The maximum absolute atomic E-state index is 9.56. The fourth-order valence-corrected chi connectivity index (χ4v) is 5.10. The fraction of sp³-hybridized carbons (Fsp3) is 0.826. The van der Waals surface area contributed by atoms with Crippen molar-refractivity contribution in [3.8, 4) is 6.07 Å². The Labute approximate surface area is 177 Å². The quantitative estimate of drug-likeness (QED) is 0.487. The van der Waals surface area contributed by atoms with E-state index >= 15 is 0 Å². The average molecular weight is 399 g/mol. The molecule has 0 aliphatic carbocycles. The SMILES string of the molecule is [C-]#[N+]/C(C#N)=C1\N(CCCN2CCCCC2)CCN1CC1CCN(C(C)C)CC1. The molecule has 0 radical (unpaired) electrons. The van der Waals surface area contributed by atoms with E-state index in [1.54, 1.807) is 0 Å². The molecule has 3 aliphatic heterocycles. The molecule has 0 N–H and O–H groups in total. The Balaban J connectivity index is 1.56. The molecule has 0 aromatic carbocycles. The zero-order valence-corrected chi connectivity index (χ0v) is 18.4. The summed E-state index contributed by atoms with van der Waals surface area (Å²) in [7, 11) is 0. The molecule has 3 fully saturated rings. The summed E-state index contributed by atoms with van der Waals surface area (Å²) in [4.78, 5) is 13.4. The Kier molecular flexibility index (Phi) is 8.21. The van der Waals surface area contributed by atoms with Crippen LogP contribution in [0.1, 0.15) is 52.4 Å². The summed E-state index contributed by atoms with van der Waals surface area (Å²) in [6.07, 6.45) is 7.58. The van der Waals surface area contributed by atoms with Crippen LogP contribution in [-0.2, 0) is 0 Å². The number of piperidine rings is 2. The Morgan fingerprint density at radius 3 is 2.34 bits per heavy atom. The monoisotopic (exact) mass is 398 g/mol. The maximum Gasteiger partial charge on any atom is 0.300 e. The van der Waals surface area contributed by atoms with Crippen molar-refractivity contribution in [2.75, 3.05) is 58.9 Å². The van der Waals surface area contributed by atoms with Gasteiger partial charge in [0.25, 0.3) is 0 Å². The van der Waals surface area contributed by atoms with Crippen molar-refractivity contribution in [3.05, 3.63) is 22.9 Å². The lowest BCUT2D eigenvalue weighted by atomic mass is 9.95. The van der Waals surface area contributed by atoms with Gasteiger partial charge in [0.05, 0.1) is 12.6 Å². The molecule has 0 amide bonds. The van der Waals surface area contributed by atoms with Crippen LogP contribution in [0.4, 0.5) is 0 Å². The first-order valence-corrected chi connectivity index (χ1v) is 11.6. The third kappa shape index (κ3) is 5.87. The largest absolute Gasteiger partial charge is 0.365 e. The summed E-state index contributed by atoms with van der Waals surface area (Å²) in [5.41, 5.74) is 0.278. The van der Waals surface area contributed by atoms with Gasteiger partial charge < -0.3 is 19.6 Å². The van der Waals surface area contributed by atoms with E-state index in [0.29, 0.717) is 12.0 Å². The highest BCUT2D eigenvalue weighted by atomic mass is 15.4. The third-order valence-corrected chi connectivity index (χ3v) is 6.88. The lowest BCUT2D eigenvalue weighted by molar-refractivity contribution is 0.132. The third-order valence-electron chi connectivity index (χ3n) is 6.88. The summed E-state index contributed by atoms with van der Waals surface area (Å²) >= 11 is 0. The van der Waals surface area contributed by atoms with Crippen molar-refractivity contribution in [1.29, 1.82) is 5.26 Å². The average Bonchev–Trinajstić information content (AvgIpc) is 3.12. The molecular formula is C23H38N6. The normalized spacial score (nSPS) is 24.0. The van der Waals surface area contributed by atoms with Gasteiger partial charge in [-0.1, -0.05) is 6.42 Å². The van der Waals surface area contributed by atoms with Crippen molar-refractivity contribution in [2.24, 2.45) is 5.92 Å². The highest BCUT2D eigenvalue weighted by Crippen LogP contribution is 2.28. The lowest BCUT2D eigenvalue weighted by Crippen LogP contribution is -2.41. The first-order chi connectivity index (χ1) is 14.1. The van der Waals surface area contributed by atoms with Crippen LogP contribution in [0, 0.1) is 23.8 Å². The molecule has 6 heteroatoms. The van der Waals surface area contributed by atoms with Gasteiger partial charge in [-0.15, -0.1) is 0 Å². The molecule has 0 saturated carbocycles. The van der Waals surface area contributed by atoms with Gasteiger partial charge in [0.15, 0.2) is 0 Å². The minimum atomic E-state index is 0.278. The Hall–Kier alpha value is -1.76. The molecule has 0 aromatic heterocycles. The molecule has 160 valence electrons. The van der Waals surface area contributed by atoms with Crippen LogP contribution in [0.2, 0.25) is 0 Å². The summed E-state index contributed by atoms with van der Waals surface area (Å²) in [5.74, 6) is 1.58. The number of allylic oxidation sites excluding steroid dienone is 1. The van der Waals surface area contributed by atoms with Gasteiger partial charge in [-0.05, 0) is 84.6 Å². The van der Waals surface area contributed by atoms with E-state index in [4.69, 9.17) is 6.57 Å². The Bertz CT molecular complexity index is 613. The number of nitriles is 1. The molecule has 0 spiro atoms. The molecule has 0 aromatic rings. The van der Waals surface area contributed by atoms with E-state index in [1.165, 1.54) is 58.3 Å². The molecular weight excluding hydrogens is 360 g/mol. The smallest absolute Gasteiger partial charge is 0.300 e. The summed E-state index contributed by atoms with van der Waals surface area (Å²) < 4.78 is 0. The second kappa shape index (κ2) is 10.9. The van der Waals surface area contributed by atoms with Gasteiger partial charge in [-0.25, -0.2) is 10.1 Å². The summed E-state index contributed by atoms with van der Waals surface area (Å²) in [6, 6.07) is 2.80. The van der Waals surface area contributed by atoms with Crippen molar-refractivity contribution in [2.45, 2.75) is 58.4 Å². The van der Waals surface area contributed by atoms with Crippen LogP contribution in [0.15, 0.2) is 11.5 Å². The Morgan fingerprint density at radius 1 is 1.03 bits per heavy atom. The predicted octanol–water partition coefficient (Wildman–Crippen LogP) is 3.21. The molecule has 29 heavy (non-hydrogen) atoms. The van der Waals surface area contributed by atoms with Crippen LogP contribution < -0.4 is 0 Å². The van der Waals surface area contributed by atoms with Crippen molar-refractivity contribution < 1.29 is 0 Å². The van der Waals surface area contributed by atoms with Crippen molar-refractivity contribution in [3.63, 3.8) is 0 Å². The molecule has 0 atom stereocenters. The number of nitrogens with zero attached hydrogens (tertiary/aromatic N) is 6. The zero-order chi connectivity index (χ0) is 20.6. The fourth-order valence-electron chi connectivity index (χ4n) is 5.10. The van der Waals surface area contributed by atoms with Gasteiger partial charge in [-0.2, -0.15) is 0 Å². The molecule has 6 nitrogen and oxygen atoms in total. The van der Waals surface area contributed by atoms with Gasteiger partial charge in [0.1, 0.15) is 5.82 Å². The van der Waals surface area contributed by atoms with Gasteiger partial charge in [0.2, 0.25) is 0 Å². The van der Waals surface area contributed by atoms with Crippen LogP contribution in [0.5, 0.6) is 0 Å². The van der Waals surface area contributed by atoms with Gasteiger partial charge >= 0.3 is 5.70 Å². The van der Waals surface area contributed by atoms with Gasteiger partial charge in [0, 0.05) is 32.2 Å². The number of rotatable bonds is 7. The van der Waals surface area contributed by atoms with E-state index in [1.807, 2.05) is 0 Å². The van der Waals surface area contributed by atoms with Gasteiger partial charge in [-0.3, -0.25) is 0 Å². The standard InChI is InChI=1S/C23H38N6/c1-20(2)27-14-8-21(9-15-27)19-29-17-16-28(23(29)22(18-24)25-3)13-7-12-26-10-5-4-6-11-26/h20-21H,4-17,19H2,1-2H3/b23-22+. The maximum atomic E-state index is 9.56. The number of likely N-dealkylation sites (tertiary alicyclic amines) is 2. The lowest BCUT2D eigenvalue weighted by Gasteiger charge is -2.37.